The molecule has 0 fully saturated rings. The number of carboxylic acid groups (broad SMARTS) is 1. The maximum absolute atomic E-state index is 12.0. The minimum atomic E-state index is -0.858. The molecule has 0 aliphatic rings. The van der Waals surface area contributed by atoms with Gasteiger partial charge in [-0.05, 0) is 63.3 Å². The molecule has 0 unspecified atom stereocenters. The molecule has 5 heteroatoms. The van der Waals surface area contributed by atoms with Gasteiger partial charge in [0.1, 0.15) is 0 Å². The predicted molar refractivity (Wildman–Crippen MR) is 125 cm³/mol. The molecule has 1 aromatic heterocycles. The van der Waals surface area contributed by atoms with Crippen LogP contribution in [0, 0.1) is 20.8 Å². The maximum atomic E-state index is 12.0. The zero-order valence-corrected chi connectivity index (χ0v) is 19.0. The van der Waals surface area contributed by atoms with Gasteiger partial charge in [0.2, 0.25) is 0 Å². The molecule has 2 aromatic carbocycles. The summed E-state index contributed by atoms with van der Waals surface area (Å²) in [5.41, 5.74) is 6.81. The third-order valence-corrected chi connectivity index (χ3v) is 6.34. The number of aromatic carboxylic acids is 1. The van der Waals surface area contributed by atoms with Gasteiger partial charge in [0.15, 0.2) is 0 Å². The number of rotatable bonds is 9. The SMILES string of the molecule is CSc1ccc(CCNCc2c(C(=O)O)c(C)n(Cc3cccc(C)c3)c2C)cc1. The van der Waals surface area contributed by atoms with E-state index in [-0.39, 0.29) is 0 Å². The zero-order chi connectivity index (χ0) is 21.7. The number of aromatic nitrogens is 1. The molecular weight excluding hydrogens is 392 g/mol. The Morgan fingerprint density at radius 2 is 1.77 bits per heavy atom. The fraction of sp³-hybridized carbons (Fsp3) is 0.320. The first-order chi connectivity index (χ1) is 14.4. The van der Waals surface area contributed by atoms with Gasteiger partial charge in [0, 0.05) is 34.9 Å². The van der Waals surface area contributed by atoms with Gasteiger partial charge in [0.25, 0.3) is 0 Å². The van der Waals surface area contributed by atoms with Crippen molar-refractivity contribution in [3.8, 4) is 0 Å². The Kier molecular flexibility index (Phi) is 7.40. The van der Waals surface area contributed by atoms with Crippen molar-refractivity contribution >= 4 is 17.7 Å². The average molecular weight is 423 g/mol. The number of carbonyl (C=O) groups is 1. The van der Waals surface area contributed by atoms with Gasteiger partial charge in [-0.2, -0.15) is 0 Å². The number of hydrogen-bond donors (Lipinski definition) is 2. The standard InChI is InChI=1S/C25H30N2O2S/c1-17-6-5-7-21(14-17)16-27-18(2)23(24(19(27)3)25(28)29)15-26-13-12-20-8-10-22(30-4)11-9-20/h5-11,14,26H,12-13,15-16H2,1-4H3,(H,28,29). The first-order valence-electron chi connectivity index (χ1n) is 10.2. The number of carboxylic acids is 1. The summed E-state index contributed by atoms with van der Waals surface area (Å²) in [4.78, 5) is 13.2. The third-order valence-electron chi connectivity index (χ3n) is 5.60. The summed E-state index contributed by atoms with van der Waals surface area (Å²) in [6.45, 7) is 8.04. The van der Waals surface area contributed by atoms with Gasteiger partial charge in [-0.1, -0.05) is 42.0 Å². The monoisotopic (exact) mass is 422 g/mol. The highest BCUT2D eigenvalue weighted by Crippen LogP contribution is 2.24. The fourth-order valence-corrected chi connectivity index (χ4v) is 4.33. The minimum absolute atomic E-state index is 0.428. The normalized spacial score (nSPS) is 11.1. The van der Waals surface area contributed by atoms with Gasteiger partial charge in [-0.25, -0.2) is 4.79 Å². The van der Waals surface area contributed by atoms with Crippen LogP contribution < -0.4 is 5.32 Å². The molecule has 1 heterocycles. The van der Waals surface area contributed by atoms with Crippen LogP contribution in [-0.4, -0.2) is 28.4 Å². The average Bonchev–Trinajstić information content (AvgIpc) is 2.96. The molecule has 4 nitrogen and oxygen atoms in total. The van der Waals surface area contributed by atoms with E-state index >= 15 is 0 Å². The Morgan fingerprint density at radius 3 is 2.40 bits per heavy atom. The lowest BCUT2D eigenvalue weighted by atomic mass is 10.1. The van der Waals surface area contributed by atoms with Crippen molar-refractivity contribution in [3.05, 3.63) is 87.7 Å². The summed E-state index contributed by atoms with van der Waals surface area (Å²) in [6.07, 6.45) is 2.99. The van der Waals surface area contributed by atoms with Crippen LogP contribution >= 0.6 is 11.8 Å². The highest BCUT2D eigenvalue weighted by molar-refractivity contribution is 7.98. The zero-order valence-electron chi connectivity index (χ0n) is 18.2. The van der Waals surface area contributed by atoms with Crippen LogP contribution in [0.3, 0.4) is 0 Å². The second-order valence-electron chi connectivity index (χ2n) is 7.68. The topological polar surface area (TPSA) is 54.3 Å². The fourth-order valence-electron chi connectivity index (χ4n) is 3.92. The van der Waals surface area contributed by atoms with Gasteiger partial charge in [-0.3, -0.25) is 0 Å². The molecule has 0 saturated heterocycles. The minimum Gasteiger partial charge on any atom is -0.478 e. The highest BCUT2D eigenvalue weighted by atomic mass is 32.2. The number of nitrogens with zero attached hydrogens (tertiary/aromatic N) is 1. The lowest BCUT2D eigenvalue weighted by molar-refractivity contribution is 0.0694. The van der Waals surface area contributed by atoms with Crippen LogP contribution in [0.1, 0.15) is 44.0 Å². The van der Waals surface area contributed by atoms with Gasteiger partial charge >= 0.3 is 5.97 Å². The Hall–Kier alpha value is -2.50. The Balaban J connectivity index is 1.72. The third kappa shape index (κ3) is 5.15. The number of aryl methyl sites for hydroxylation is 1. The quantitative estimate of drug-likeness (QED) is 0.367. The molecule has 0 atom stereocenters. The van der Waals surface area contributed by atoms with Crippen LogP contribution in [0.15, 0.2) is 53.4 Å². The van der Waals surface area contributed by atoms with E-state index in [9.17, 15) is 9.90 Å². The molecule has 158 valence electrons. The van der Waals surface area contributed by atoms with Crippen LogP contribution in [-0.2, 0) is 19.5 Å². The first kappa shape index (κ1) is 22.2. The van der Waals surface area contributed by atoms with Crippen molar-refractivity contribution in [2.24, 2.45) is 0 Å². The molecule has 0 spiro atoms. The second kappa shape index (κ2) is 10.0. The second-order valence-corrected chi connectivity index (χ2v) is 8.56. The van der Waals surface area contributed by atoms with Crippen molar-refractivity contribution in [1.82, 2.24) is 9.88 Å². The number of thioether (sulfide) groups is 1. The molecule has 0 aliphatic carbocycles. The van der Waals surface area contributed by atoms with E-state index in [1.54, 1.807) is 11.8 Å². The van der Waals surface area contributed by atoms with Crippen LogP contribution in [0.5, 0.6) is 0 Å². The molecule has 0 bridgehead atoms. The van der Waals surface area contributed by atoms with E-state index in [1.807, 2.05) is 19.9 Å². The summed E-state index contributed by atoms with van der Waals surface area (Å²) in [5, 5.41) is 13.3. The van der Waals surface area contributed by atoms with Crippen molar-refractivity contribution in [1.29, 1.82) is 0 Å². The molecule has 3 rings (SSSR count). The Bertz CT molecular complexity index is 1020. The Morgan fingerprint density at radius 1 is 1.03 bits per heavy atom. The summed E-state index contributed by atoms with van der Waals surface area (Å²) in [6, 6.07) is 17.0. The maximum Gasteiger partial charge on any atom is 0.337 e. The van der Waals surface area contributed by atoms with Crippen LogP contribution in [0.4, 0.5) is 0 Å². The van der Waals surface area contributed by atoms with E-state index in [0.29, 0.717) is 18.7 Å². The summed E-state index contributed by atoms with van der Waals surface area (Å²) in [5.74, 6) is -0.858. The molecule has 0 radical (unpaired) electrons. The summed E-state index contributed by atoms with van der Waals surface area (Å²) in [7, 11) is 0. The summed E-state index contributed by atoms with van der Waals surface area (Å²) < 4.78 is 2.12. The molecule has 2 N–H and O–H groups in total. The van der Waals surface area contributed by atoms with E-state index in [2.05, 4.69) is 65.5 Å². The number of benzene rings is 2. The lowest BCUT2D eigenvalue weighted by Gasteiger charge is -2.11. The van der Waals surface area contributed by atoms with Gasteiger partial charge in [0.05, 0.1) is 5.56 Å². The smallest absolute Gasteiger partial charge is 0.337 e. The van der Waals surface area contributed by atoms with Crippen molar-refractivity contribution in [2.75, 3.05) is 12.8 Å². The predicted octanol–water partition coefficient (Wildman–Crippen LogP) is 5.21. The van der Waals surface area contributed by atoms with Crippen molar-refractivity contribution < 1.29 is 9.90 Å². The first-order valence-corrected chi connectivity index (χ1v) is 11.4. The molecule has 3 aromatic rings. The highest BCUT2D eigenvalue weighted by Gasteiger charge is 2.22. The van der Waals surface area contributed by atoms with Crippen molar-refractivity contribution in [2.45, 2.75) is 45.2 Å². The van der Waals surface area contributed by atoms with E-state index in [4.69, 9.17) is 0 Å². The molecule has 0 saturated carbocycles. The molecule has 0 amide bonds. The van der Waals surface area contributed by atoms with Crippen LogP contribution in [0.2, 0.25) is 0 Å². The molecule has 0 aliphatic heterocycles. The van der Waals surface area contributed by atoms with E-state index < -0.39 is 5.97 Å². The van der Waals surface area contributed by atoms with Gasteiger partial charge in [-0.15, -0.1) is 11.8 Å². The van der Waals surface area contributed by atoms with Gasteiger partial charge < -0.3 is 15.0 Å². The number of hydrogen-bond acceptors (Lipinski definition) is 3. The summed E-state index contributed by atoms with van der Waals surface area (Å²) >= 11 is 1.74. The Labute approximate surface area is 183 Å². The largest absolute Gasteiger partial charge is 0.478 e. The molecular formula is C25H30N2O2S. The van der Waals surface area contributed by atoms with E-state index in [0.717, 1.165) is 29.9 Å². The lowest BCUT2D eigenvalue weighted by Crippen LogP contribution is -2.18. The van der Waals surface area contributed by atoms with Crippen molar-refractivity contribution in [3.63, 3.8) is 0 Å². The van der Waals surface area contributed by atoms with Crippen LogP contribution in [0.25, 0.3) is 0 Å². The van der Waals surface area contributed by atoms with E-state index in [1.165, 1.54) is 21.6 Å². The molecule has 30 heavy (non-hydrogen) atoms. The number of nitrogens with one attached hydrogen (secondary N) is 1.